The number of rotatable bonds is 6. The van der Waals surface area contributed by atoms with Crippen molar-refractivity contribution in [2.45, 2.75) is 0 Å². The number of anilines is 2. The SMILES string of the molecule is CNS(=O)(=O)Nc1ccc2cc(C(=O)Nc3cccc(-c4ccc(F)cc4F)c3)n(C(=O)O)c2c1. The van der Waals surface area contributed by atoms with Crippen LogP contribution in [0, 0.1) is 11.6 Å². The van der Waals surface area contributed by atoms with Gasteiger partial charge in [-0.3, -0.25) is 9.52 Å². The zero-order chi connectivity index (χ0) is 25.3. The minimum Gasteiger partial charge on any atom is -0.464 e. The predicted molar refractivity (Wildman–Crippen MR) is 127 cm³/mol. The van der Waals surface area contributed by atoms with Crippen molar-refractivity contribution in [1.29, 1.82) is 0 Å². The van der Waals surface area contributed by atoms with Crippen molar-refractivity contribution >= 4 is 44.5 Å². The Morgan fingerprint density at radius 2 is 1.71 bits per heavy atom. The summed E-state index contributed by atoms with van der Waals surface area (Å²) in [6, 6.07) is 14.8. The second-order valence-electron chi connectivity index (χ2n) is 7.39. The molecule has 1 heterocycles. The van der Waals surface area contributed by atoms with Gasteiger partial charge in [0.25, 0.3) is 16.1 Å². The number of aromatic nitrogens is 1. The van der Waals surface area contributed by atoms with Gasteiger partial charge in [-0.15, -0.1) is 0 Å². The second-order valence-corrected chi connectivity index (χ2v) is 9.01. The van der Waals surface area contributed by atoms with E-state index in [4.69, 9.17) is 0 Å². The fourth-order valence-electron chi connectivity index (χ4n) is 3.53. The van der Waals surface area contributed by atoms with Gasteiger partial charge in [-0.25, -0.2) is 22.9 Å². The first-order valence-corrected chi connectivity index (χ1v) is 11.5. The van der Waals surface area contributed by atoms with Crippen LogP contribution in [0.3, 0.4) is 0 Å². The Hall–Kier alpha value is -4.29. The monoisotopic (exact) mass is 500 g/mol. The van der Waals surface area contributed by atoms with Crippen LogP contribution in [0.25, 0.3) is 22.0 Å². The van der Waals surface area contributed by atoms with E-state index in [0.29, 0.717) is 10.9 Å². The first-order valence-electron chi connectivity index (χ1n) is 10.0. The molecule has 4 aromatic rings. The molecule has 35 heavy (non-hydrogen) atoms. The predicted octanol–water partition coefficient (Wildman–Crippen LogP) is 4.24. The lowest BCUT2D eigenvalue weighted by molar-refractivity contribution is 0.101. The highest BCUT2D eigenvalue weighted by Crippen LogP contribution is 2.28. The first kappa shape index (κ1) is 23.9. The van der Waals surface area contributed by atoms with Crippen LogP contribution in [-0.2, 0) is 10.2 Å². The fraction of sp³-hybridized carbons (Fsp3) is 0.0435. The quantitative estimate of drug-likeness (QED) is 0.315. The number of nitrogens with one attached hydrogen (secondary N) is 3. The number of carbonyl (C=O) groups excluding carboxylic acids is 1. The molecule has 4 N–H and O–H groups in total. The molecule has 1 amide bonds. The molecule has 0 aliphatic heterocycles. The third kappa shape index (κ3) is 4.98. The molecule has 4 rings (SSSR count). The maximum Gasteiger partial charge on any atom is 0.416 e. The summed E-state index contributed by atoms with van der Waals surface area (Å²) >= 11 is 0. The molecular weight excluding hydrogens is 482 g/mol. The van der Waals surface area contributed by atoms with Crippen LogP contribution >= 0.6 is 0 Å². The summed E-state index contributed by atoms with van der Waals surface area (Å²) in [6.07, 6.45) is -1.46. The Bertz CT molecular complexity index is 1580. The molecule has 0 spiro atoms. The van der Waals surface area contributed by atoms with E-state index in [1.165, 1.54) is 49.5 Å². The van der Waals surface area contributed by atoms with Gasteiger partial charge < -0.3 is 10.4 Å². The summed E-state index contributed by atoms with van der Waals surface area (Å²) < 4.78 is 56.0. The zero-order valence-corrected chi connectivity index (χ0v) is 18.9. The minimum absolute atomic E-state index is 0.0843. The molecular formula is C23H18F2N4O5S. The van der Waals surface area contributed by atoms with E-state index in [1.54, 1.807) is 12.1 Å². The third-order valence-electron chi connectivity index (χ3n) is 5.11. The van der Waals surface area contributed by atoms with Gasteiger partial charge in [-0.1, -0.05) is 18.2 Å². The highest BCUT2D eigenvalue weighted by molar-refractivity contribution is 7.90. The molecule has 0 fully saturated rings. The van der Waals surface area contributed by atoms with E-state index < -0.39 is 33.8 Å². The molecule has 0 atom stereocenters. The number of carboxylic acid groups (broad SMARTS) is 1. The Balaban J connectivity index is 1.68. The van der Waals surface area contributed by atoms with Crippen molar-refractivity contribution in [3.63, 3.8) is 0 Å². The van der Waals surface area contributed by atoms with Crippen molar-refractivity contribution in [2.24, 2.45) is 0 Å². The Labute approximate surface area is 198 Å². The molecule has 1 aromatic heterocycles. The summed E-state index contributed by atoms with van der Waals surface area (Å²) in [5, 5.41) is 12.7. The molecule has 9 nitrogen and oxygen atoms in total. The average molecular weight is 500 g/mol. The van der Waals surface area contributed by atoms with E-state index in [1.807, 2.05) is 0 Å². The van der Waals surface area contributed by atoms with Crippen LogP contribution in [0.5, 0.6) is 0 Å². The Kier molecular flexibility index (Phi) is 6.24. The van der Waals surface area contributed by atoms with Crippen molar-refractivity contribution in [3.8, 4) is 11.1 Å². The van der Waals surface area contributed by atoms with Gasteiger partial charge in [0.2, 0.25) is 0 Å². The van der Waals surface area contributed by atoms with Crippen LogP contribution in [0.2, 0.25) is 0 Å². The van der Waals surface area contributed by atoms with Gasteiger partial charge in [0, 0.05) is 29.8 Å². The van der Waals surface area contributed by atoms with Crippen LogP contribution in [0.15, 0.2) is 66.7 Å². The molecule has 0 saturated carbocycles. The molecule has 180 valence electrons. The summed E-state index contributed by atoms with van der Waals surface area (Å²) in [6.45, 7) is 0. The maximum atomic E-state index is 14.2. The van der Waals surface area contributed by atoms with E-state index in [2.05, 4.69) is 14.8 Å². The van der Waals surface area contributed by atoms with Gasteiger partial charge >= 0.3 is 6.09 Å². The van der Waals surface area contributed by atoms with Gasteiger partial charge in [0.15, 0.2) is 0 Å². The van der Waals surface area contributed by atoms with Gasteiger partial charge in [-0.2, -0.15) is 8.42 Å². The standard InChI is InChI=1S/C23H18F2N4O5S/c1-26-35(33,34)28-17-7-5-14-10-21(29(23(31)32)20(14)12-17)22(30)27-16-4-2-3-13(9-16)18-8-6-15(24)11-19(18)25/h2-12,26,28H,1H3,(H,27,30)(H,31,32). The summed E-state index contributed by atoms with van der Waals surface area (Å²) in [4.78, 5) is 25.0. The van der Waals surface area contributed by atoms with Crippen molar-refractivity contribution in [3.05, 3.63) is 84.1 Å². The molecule has 0 unspecified atom stereocenters. The lowest BCUT2D eigenvalue weighted by Gasteiger charge is -2.10. The highest BCUT2D eigenvalue weighted by Gasteiger charge is 2.21. The second kappa shape index (κ2) is 9.16. The molecule has 12 heteroatoms. The number of nitrogens with zero attached hydrogens (tertiary/aromatic N) is 1. The molecule has 0 aliphatic carbocycles. The smallest absolute Gasteiger partial charge is 0.416 e. The number of halogens is 2. The summed E-state index contributed by atoms with van der Waals surface area (Å²) in [7, 11) is -2.63. The van der Waals surface area contributed by atoms with E-state index in [-0.39, 0.29) is 28.1 Å². The van der Waals surface area contributed by atoms with Crippen LogP contribution in [0.4, 0.5) is 25.0 Å². The molecule has 0 saturated heterocycles. The number of hydrogen-bond donors (Lipinski definition) is 4. The topological polar surface area (TPSA) is 130 Å². The number of amides is 1. The van der Waals surface area contributed by atoms with Crippen LogP contribution in [0.1, 0.15) is 10.5 Å². The highest BCUT2D eigenvalue weighted by atomic mass is 32.2. The fourth-order valence-corrected chi connectivity index (χ4v) is 4.07. The summed E-state index contributed by atoms with van der Waals surface area (Å²) in [5.74, 6) is -2.26. The van der Waals surface area contributed by atoms with E-state index >= 15 is 0 Å². The Morgan fingerprint density at radius 1 is 0.943 bits per heavy atom. The molecule has 0 aliphatic rings. The average Bonchev–Trinajstić information content (AvgIpc) is 3.18. The van der Waals surface area contributed by atoms with Crippen LogP contribution < -0.4 is 14.8 Å². The number of benzene rings is 3. The zero-order valence-electron chi connectivity index (χ0n) is 18.0. The molecule has 3 aromatic carbocycles. The lowest BCUT2D eigenvalue weighted by Crippen LogP contribution is -2.26. The summed E-state index contributed by atoms with van der Waals surface area (Å²) in [5.41, 5.74) is 0.703. The van der Waals surface area contributed by atoms with Crippen LogP contribution in [-0.4, -0.2) is 37.1 Å². The number of carbonyl (C=O) groups is 2. The first-order chi connectivity index (χ1) is 16.6. The Morgan fingerprint density at radius 3 is 2.40 bits per heavy atom. The van der Waals surface area contributed by atoms with Gasteiger partial charge in [0.1, 0.15) is 17.3 Å². The van der Waals surface area contributed by atoms with E-state index in [0.717, 1.165) is 16.7 Å². The largest absolute Gasteiger partial charge is 0.464 e. The third-order valence-corrected chi connectivity index (χ3v) is 6.15. The van der Waals surface area contributed by atoms with Crippen molar-refractivity contribution in [2.75, 3.05) is 17.1 Å². The minimum atomic E-state index is -3.84. The van der Waals surface area contributed by atoms with Gasteiger partial charge in [0.05, 0.1) is 11.2 Å². The van der Waals surface area contributed by atoms with Crippen molar-refractivity contribution in [1.82, 2.24) is 9.29 Å². The molecule has 0 bridgehead atoms. The number of fused-ring (bicyclic) bond motifs is 1. The molecule has 0 radical (unpaired) electrons. The lowest BCUT2D eigenvalue weighted by atomic mass is 10.0. The van der Waals surface area contributed by atoms with Crippen molar-refractivity contribution < 1.29 is 31.9 Å². The normalized spacial score (nSPS) is 11.4. The number of hydrogen-bond acceptors (Lipinski definition) is 4. The van der Waals surface area contributed by atoms with E-state index in [9.17, 15) is 31.9 Å². The maximum absolute atomic E-state index is 14.2. The van der Waals surface area contributed by atoms with Gasteiger partial charge in [-0.05, 0) is 48.0 Å².